The van der Waals surface area contributed by atoms with E-state index < -0.39 is 5.60 Å². The first-order chi connectivity index (χ1) is 11.1. The molecule has 1 aromatic carbocycles. The number of fused-ring (bicyclic) bond motifs is 2. The number of aliphatic hydroxyl groups is 1. The van der Waals surface area contributed by atoms with Crippen LogP contribution in [0, 0.1) is 5.92 Å². The Hall–Kier alpha value is -1.39. The third-order valence-corrected chi connectivity index (χ3v) is 5.68. The van der Waals surface area contributed by atoms with Gasteiger partial charge in [-0.1, -0.05) is 31.4 Å². The van der Waals surface area contributed by atoms with Gasteiger partial charge in [-0.15, -0.1) is 0 Å². The molecule has 4 rings (SSSR count). The zero-order valence-electron chi connectivity index (χ0n) is 13.4. The highest BCUT2D eigenvalue weighted by molar-refractivity contribution is 5.76. The first kappa shape index (κ1) is 15.2. The zero-order chi connectivity index (χ0) is 15.9. The molecule has 124 valence electrons. The molecule has 3 unspecified atom stereocenters. The lowest BCUT2D eigenvalue weighted by Crippen LogP contribution is -2.30. The molecule has 1 aromatic rings. The van der Waals surface area contributed by atoms with Crippen LogP contribution in [0.25, 0.3) is 0 Å². The van der Waals surface area contributed by atoms with E-state index in [2.05, 4.69) is 0 Å². The number of hydrogen-bond acceptors (Lipinski definition) is 4. The van der Waals surface area contributed by atoms with Gasteiger partial charge in [0.15, 0.2) is 0 Å². The van der Waals surface area contributed by atoms with E-state index in [-0.39, 0.29) is 24.1 Å². The van der Waals surface area contributed by atoms with E-state index >= 15 is 0 Å². The largest absolute Gasteiger partial charge is 0.426 e. The summed E-state index contributed by atoms with van der Waals surface area (Å²) in [5.41, 5.74) is 0.0997. The van der Waals surface area contributed by atoms with Crippen molar-refractivity contribution in [3.05, 3.63) is 29.8 Å². The van der Waals surface area contributed by atoms with Gasteiger partial charge in [-0.25, -0.2) is 0 Å². The third kappa shape index (κ3) is 2.90. The monoisotopic (exact) mass is 316 g/mol. The van der Waals surface area contributed by atoms with Crippen molar-refractivity contribution in [2.75, 3.05) is 0 Å². The van der Waals surface area contributed by atoms with Crippen molar-refractivity contribution in [2.45, 2.75) is 69.2 Å². The molecular formula is C19H24O4. The molecule has 3 aliphatic rings. The van der Waals surface area contributed by atoms with Crippen LogP contribution >= 0.6 is 0 Å². The maximum Gasteiger partial charge on any atom is 0.317 e. The van der Waals surface area contributed by atoms with Gasteiger partial charge < -0.3 is 14.6 Å². The average Bonchev–Trinajstić information content (AvgIpc) is 3.19. The molecule has 0 aromatic heterocycles. The maximum absolute atomic E-state index is 12.4. The van der Waals surface area contributed by atoms with E-state index in [4.69, 9.17) is 9.47 Å². The van der Waals surface area contributed by atoms with Crippen LogP contribution in [0.3, 0.4) is 0 Å². The molecule has 4 nitrogen and oxygen atoms in total. The molecular weight excluding hydrogens is 292 g/mol. The van der Waals surface area contributed by atoms with Crippen LogP contribution < -0.4 is 4.74 Å². The Morgan fingerprint density at radius 1 is 1.22 bits per heavy atom. The summed E-state index contributed by atoms with van der Waals surface area (Å²) in [6.07, 6.45) is 7.93. The van der Waals surface area contributed by atoms with Crippen LogP contribution in [0.15, 0.2) is 24.3 Å². The van der Waals surface area contributed by atoms with Gasteiger partial charge in [0.25, 0.3) is 0 Å². The lowest BCUT2D eigenvalue weighted by Gasteiger charge is -2.32. The fourth-order valence-electron chi connectivity index (χ4n) is 4.35. The van der Waals surface area contributed by atoms with Gasteiger partial charge in [-0.2, -0.15) is 0 Å². The summed E-state index contributed by atoms with van der Waals surface area (Å²) >= 11 is 0. The number of hydrogen-bond donors (Lipinski definition) is 1. The van der Waals surface area contributed by atoms with Crippen LogP contribution in [0.4, 0.5) is 0 Å². The minimum atomic E-state index is -0.768. The Morgan fingerprint density at radius 2 is 2.04 bits per heavy atom. The molecule has 2 bridgehead atoms. The molecule has 3 fully saturated rings. The molecule has 0 radical (unpaired) electrons. The molecule has 23 heavy (non-hydrogen) atoms. The van der Waals surface area contributed by atoms with Gasteiger partial charge >= 0.3 is 5.97 Å². The van der Waals surface area contributed by atoms with Crippen molar-refractivity contribution in [2.24, 2.45) is 5.92 Å². The van der Waals surface area contributed by atoms with Crippen molar-refractivity contribution in [1.82, 2.24) is 0 Å². The summed E-state index contributed by atoms with van der Waals surface area (Å²) in [5, 5.41) is 10.8. The second-order valence-corrected chi connectivity index (χ2v) is 7.26. The number of esters is 1. The standard InChI is InChI=1S/C19H24O4/c20-18(16-12-15-7-8-17(16)22-15)23-14-6-4-5-13(11-14)19(21)9-2-1-3-10-19/h4-6,11,15-17,21H,1-3,7-10,12H2. The van der Waals surface area contributed by atoms with E-state index in [1.807, 2.05) is 18.2 Å². The molecule has 2 aliphatic heterocycles. The molecule has 2 saturated heterocycles. The van der Waals surface area contributed by atoms with Crippen LogP contribution in [-0.2, 0) is 15.1 Å². The van der Waals surface area contributed by atoms with Crippen molar-refractivity contribution in [3.63, 3.8) is 0 Å². The fraction of sp³-hybridized carbons (Fsp3) is 0.632. The average molecular weight is 316 g/mol. The molecule has 4 heteroatoms. The minimum Gasteiger partial charge on any atom is -0.426 e. The van der Waals surface area contributed by atoms with E-state index in [0.29, 0.717) is 5.75 Å². The van der Waals surface area contributed by atoms with Crippen LogP contribution in [0.5, 0.6) is 5.75 Å². The van der Waals surface area contributed by atoms with Crippen molar-refractivity contribution in [1.29, 1.82) is 0 Å². The first-order valence-electron chi connectivity index (χ1n) is 8.84. The summed E-state index contributed by atoms with van der Waals surface area (Å²) in [6, 6.07) is 7.42. The number of benzene rings is 1. The predicted octanol–water partition coefficient (Wildman–Crippen LogP) is 3.31. The van der Waals surface area contributed by atoms with Crippen molar-refractivity contribution >= 4 is 5.97 Å². The summed E-state index contributed by atoms with van der Waals surface area (Å²) in [5.74, 6) is 0.217. The molecule has 1 N–H and O–H groups in total. The summed E-state index contributed by atoms with van der Waals surface area (Å²) in [7, 11) is 0. The Labute approximate surface area is 136 Å². The van der Waals surface area contributed by atoms with Gasteiger partial charge in [0.2, 0.25) is 0 Å². The van der Waals surface area contributed by atoms with Crippen LogP contribution in [-0.4, -0.2) is 23.3 Å². The lowest BCUT2D eigenvalue weighted by molar-refractivity contribution is -0.140. The Kier molecular flexibility index (Phi) is 3.90. The van der Waals surface area contributed by atoms with E-state index in [0.717, 1.165) is 50.5 Å². The summed E-state index contributed by atoms with van der Waals surface area (Å²) in [6.45, 7) is 0. The van der Waals surface area contributed by atoms with E-state index in [1.54, 1.807) is 6.07 Å². The second kappa shape index (κ2) is 5.91. The molecule has 0 spiro atoms. The second-order valence-electron chi connectivity index (χ2n) is 7.26. The van der Waals surface area contributed by atoms with Gasteiger partial charge in [0.05, 0.1) is 23.7 Å². The number of ether oxygens (including phenoxy) is 2. The normalized spacial score (nSPS) is 32.0. The van der Waals surface area contributed by atoms with E-state index in [1.165, 1.54) is 6.42 Å². The maximum atomic E-state index is 12.4. The Morgan fingerprint density at radius 3 is 2.74 bits per heavy atom. The smallest absolute Gasteiger partial charge is 0.317 e. The van der Waals surface area contributed by atoms with E-state index in [9.17, 15) is 9.90 Å². The lowest BCUT2D eigenvalue weighted by atomic mass is 9.80. The van der Waals surface area contributed by atoms with Crippen LogP contribution in [0.1, 0.15) is 56.9 Å². The highest BCUT2D eigenvalue weighted by atomic mass is 16.5. The molecule has 3 atom stereocenters. The Bertz CT molecular complexity index is 591. The molecule has 1 aliphatic carbocycles. The predicted molar refractivity (Wildman–Crippen MR) is 85.1 cm³/mol. The minimum absolute atomic E-state index is 0.0400. The van der Waals surface area contributed by atoms with Gasteiger partial charge in [-0.3, -0.25) is 4.79 Å². The number of carbonyl (C=O) groups is 1. The zero-order valence-corrected chi connectivity index (χ0v) is 13.4. The number of carbonyl (C=O) groups excluding carboxylic acids is 1. The number of rotatable bonds is 3. The third-order valence-electron chi connectivity index (χ3n) is 5.68. The summed E-state index contributed by atoms with van der Waals surface area (Å²) < 4.78 is 11.3. The van der Waals surface area contributed by atoms with Crippen LogP contribution in [0.2, 0.25) is 0 Å². The quantitative estimate of drug-likeness (QED) is 0.686. The van der Waals surface area contributed by atoms with Gasteiger partial charge in [0, 0.05) is 0 Å². The van der Waals surface area contributed by atoms with Crippen molar-refractivity contribution in [3.8, 4) is 5.75 Å². The summed E-state index contributed by atoms with van der Waals surface area (Å²) in [4.78, 5) is 12.4. The van der Waals surface area contributed by atoms with Gasteiger partial charge in [0.1, 0.15) is 5.75 Å². The molecule has 2 heterocycles. The topological polar surface area (TPSA) is 55.8 Å². The fourth-order valence-corrected chi connectivity index (χ4v) is 4.35. The van der Waals surface area contributed by atoms with Gasteiger partial charge in [-0.05, 0) is 49.8 Å². The highest BCUT2D eigenvalue weighted by Gasteiger charge is 2.45. The molecule has 1 saturated carbocycles. The Balaban J connectivity index is 1.47. The first-order valence-corrected chi connectivity index (χ1v) is 8.84. The highest BCUT2D eigenvalue weighted by Crippen LogP contribution is 2.40. The molecule has 0 amide bonds. The van der Waals surface area contributed by atoms with Crippen molar-refractivity contribution < 1.29 is 19.4 Å². The SMILES string of the molecule is O=C(Oc1cccc(C2(O)CCCCC2)c1)C1CC2CCC1O2.